The molecule has 5 nitrogen and oxygen atoms in total. The molecule has 1 aromatic rings. The third-order valence-corrected chi connectivity index (χ3v) is 6.32. The van der Waals surface area contributed by atoms with Crippen molar-refractivity contribution in [1.29, 1.82) is 0 Å². The van der Waals surface area contributed by atoms with Crippen molar-refractivity contribution >= 4 is 10.0 Å². The van der Waals surface area contributed by atoms with Gasteiger partial charge < -0.3 is 9.47 Å². The number of hydrogen-bond acceptors (Lipinski definition) is 4. The van der Waals surface area contributed by atoms with Crippen molar-refractivity contribution in [2.75, 3.05) is 26.8 Å². The third kappa shape index (κ3) is 3.84. The highest BCUT2D eigenvalue weighted by Gasteiger charge is 2.31. The Kier molecular flexibility index (Phi) is 4.89. The first-order valence-corrected chi connectivity index (χ1v) is 9.40. The van der Waals surface area contributed by atoms with Crippen molar-refractivity contribution in [3.8, 4) is 5.75 Å². The van der Waals surface area contributed by atoms with Gasteiger partial charge in [-0.25, -0.2) is 12.8 Å². The predicted octanol–water partition coefficient (Wildman–Crippen LogP) is 2.41. The van der Waals surface area contributed by atoms with Gasteiger partial charge in [-0.1, -0.05) is 0 Å². The normalized spacial score (nSPS) is 20.6. The van der Waals surface area contributed by atoms with Crippen LogP contribution in [0.15, 0.2) is 23.1 Å². The molecule has 0 bridgehead atoms. The molecule has 3 rings (SSSR count). The van der Waals surface area contributed by atoms with Gasteiger partial charge in [0.05, 0.1) is 18.1 Å². The molecular formula is C16H22FNO4S. The molecule has 2 aliphatic rings. The zero-order chi connectivity index (χ0) is 16.4. The SMILES string of the molecule is COc1cc(S(=O)(=O)N2CCC(OCC3CC3)CC2)ccc1F. The number of piperidine rings is 1. The van der Waals surface area contributed by atoms with Gasteiger partial charge in [-0.15, -0.1) is 0 Å². The number of hydrogen-bond donors (Lipinski definition) is 0. The van der Waals surface area contributed by atoms with Crippen LogP contribution in [0.1, 0.15) is 25.7 Å². The number of benzene rings is 1. The molecule has 128 valence electrons. The molecule has 0 spiro atoms. The molecule has 1 aromatic carbocycles. The van der Waals surface area contributed by atoms with Gasteiger partial charge in [0, 0.05) is 25.8 Å². The summed E-state index contributed by atoms with van der Waals surface area (Å²) in [6.07, 6.45) is 4.04. The Balaban J connectivity index is 1.63. The molecule has 0 amide bonds. The Morgan fingerprint density at radius 3 is 2.52 bits per heavy atom. The molecule has 0 aromatic heterocycles. The summed E-state index contributed by atoms with van der Waals surface area (Å²) < 4.78 is 50.9. The molecule has 1 heterocycles. The third-order valence-electron chi connectivity index (χ3n) is 4.43. The number of ether oxygens (including phenoxy) is 2. The van der Waals surface area contributed by atoms with Crippen molar-refractivity contribution in [2.45, 2.75) is 36.7 Å². The van der Waals surface area contributed by atoms with Crippen molar-refractivity contribution in [1.82, 2.24) is 4.31 Å². The van der Waals surface area contributed by atoms with E-state index in [2.05, 4.69) is 0 Å². The quantitative estimate of drug-likeness (QED) is 0.796. The molecule has 0 N–H and O–H groups in total. The summed E-state index contributed by atoms with van der Waals surface area (Å²) >= 11 is 0. The average Bonchev–Trinajstić information content (AvgIpc) is 3.38. The summed E-state index contributed by atoms with van der Waals surface area (Å²) in [5.74, 6) is 0.0794. The van der Waals surface area contributed by atoms with Gasteiger partial charge in [0.25, 0.3) is 0 Å². The first-order chi connectivity index (χ1) is 11.0. The second kappa shape index (κ2) is 6.75. The van der Waals surface area contributed by atoms with E-state index in [-0.39, 0.29) is 16.7 Å². The lowest BCUT2D eigenvalue weighted by Gasteiger charge is -2.31. The van der Waals surface area contributed by atoms with Crippen LogP contribution in [0.5, 0.6) is 5.75 Å². The first-order valence-electron chi connectivity index (χ1n) is 7.96. The van der Waals surface area contributed by atoms with Crippen LogP contribution < -0.4 is 4.74 Å². The van der Waals surface area contributed by atoms with Crippen molar-refractivity contribution in [3.05, 3.63) is 24.0 Å². The number of rotatable bonds is 6. The molecule has 0 atom stereocenters. The number of sulfonamides is 1. The average molecular weight is 343 g/mol. The molecular weight excluding hydrogens is 321 g/mol. The van der Waals surface area contributed by atoms with Crippen LogP contribution in [0.2, 0.25) is 0 Å². The Morgan fingerprint density at radius 2 is 1.91 bits per heavy atom. The van der Waals surface area contributed by atoms with E-state index in [0.29, 0.717) is 31.8 Å². The van der Waals surface area contributed by atoms with E-state index in [1.165, 1.54) is 36.4 Å². The monoisotopic (exact) mass is 343 g/mol. The largest absolute Gasteiger partial charge is 0.494 e. The Bertz CT molecular complexity index is 652. The van der Waals surface area contributed by atoms with Crippen molar-refractivity contribution in [2.24, 2.45) is 5.92 Å². The standard InChI is InChI=1S/C16H22FNO4S/c1-21-16-10-14(4-5-15(16)17)23(19,20)18-8-6-13(7-9-18)22-11-12-2-3-12/h4-5,10,12-13H,2-3,6-9,11H2,1H3. The molecule has 2 fully saturated rings. The summed E-state index contributed by atoms with van der Waals surface area (Å²) in [4.78, 5) is 0.0631. The van der Waals surface area contributed by atoms with Crippen LogP contribution in [0, 0.1) is 11.7 Å². The highest BCUT2D eigenvalue weighted by Crippen LogP contribution is 2.31. The molecule has 1 aliphatic heterocycles. The summed E-state index contributed by atoms with van der Waals surface area (Å²) in [6, 6.07) is 3.64. The van der Waals surface area contributed by atoms with E-state index in [0.717, 1.165) is 12.7 Å². The van der Waals surface area contributed by atoms with Gasteiger partial charge in [0.1, 0.15) is 0 Å². The fourth-order valence-corrected chi connectivity index (χ4v) is 4.23. The minimum Gasteiger partial charge on any atom is -0.494 e. The second-order valence-electron chi connectivity index (χ2n) is 6.18. The summed E-state index contributed by atoms with van der Waals surface area (Å²) in [5.41, 5.74) is 0. The summed E-state index contributed by atoms with van der Waals surface area (Å²) in [7, 11) is -2.31. The Labute approximate surface area is 136 Å². The van der Waals surface area contributed by atoms with E-state index in [9.17, 15) is 12.8 Å². The summed E-state index contributed by atoms with van der Waals surface area (Å²) in [5, 5.41) is 0. The zero-order valence-corrected chi connectivity index (χ0v) is 14.0. The maximum Gasteiger partial charge on any atom is 0.243 e. The predicted molar refractivity (Wildman–Crippen MR) is 83.4 cm³/mol. The van der Waals surface area contributed by atoms with Gasteiger partial charge in [0.15, 0.2) is 11.6 Å². The van der Waals surface area contributed by atoms with Crippen molar-refractivity contribution in [3.63, 3.8) is 0 Å². The maximum absolute atomic E-state index is 13.5. The minimum absolute atomic E-state index is 0.0614. The smallest absolute Gasteiger partial charge is 0.243 e. The molecule has 23 heavy (non-hydrogen) atoms. The van der Waals surface area contributed by atoms with Gasteiger partial charge in [-0.05, 0) is 43.7 Å². The van der Waals surface area contributed by atoms with Gasteiger partial charge in [-0.2, -0.15) is 4.31 Å². The second-order valence-corrected chi connectivity index (χ2v) is 8.11. The van der Waals surface area contributed by atoms with Gasteiger partial charge in [-0.3, -0.25) is 0 Å². The zero-order valence-electron chi connectivity index (χ0n) is 13.2. The fraction of sp³-hybridized carbons (Fsp3) is 0.625. The maximum atomic E-state index is 13.5. The van der Waals surface area contributed by atoms with E-state index < -0.39 is 15.8 Å². The van der Waals surface area contributed by atoms with Crippen LogP contribution in [-0.2, 0) is 14.8 Å². The minimum atomic E-state index is -3.62. The van der Waals surface area contributed by atoms with Crippen LogP contribution in [0.3, 0.4) is 0 Å². The lowest BCUT2D eigenvalue weighted by Crippen LogP contribution is -2.41. The molecule has 1 aliphatic carbocycles. The van der Waals surface area contributed by atoms with Crippen LogP contribution in [0.25, 0.3) is 0 Å². The van der Waals surface area contributed by atoms with E-state index in [1.807, 2.05) is 0 Å². The van der Waals surface area contributed by atoms with E-state index in [1.54, 1.807) is 0 Å². The van der Waals surface area contributed by atoms with Crippen LogP contribution in [-0.4, -0.2) is 45.6 Å². The molecule has 1 saturated heterocycles. The van der Waals surface area contributed by atoms with E-state index >= 15 is 0 Å². The lowest BCUT2D eigenvalue weighted by molar-refractivity contribution is 0.0154. The highest BCUT2D eigenvalue weighted by molar-refractivity contribution is 7.89. The Hall–Kier alpha value is -1.18. The fourth-order valence-electron chi connectivity index (χ4n) is 2.75. The Morgan fingerprint density at radius 1 is 1.22 bits per heavy atom. The van der Waals surface area contributed by atoms with E-state index in [4.69, 9.17) is 9.47 Å². The molecule has 0 radical (unpaired) electrons. The lowest BCUT2D eigenvalue weighted by atomic mass is 10.1. The molecule has 7 heteroatoms. The van der Waals surface area contributed by atoms with Crippen molar-refractivity contribution < 1.29 is 22.3 Å². The number of halogens is 1. The molecule has 1 saturated carbocycles. The van der Waals surface area contributed by atoms with Gasteiger partial charge >= 0.3 is 0 Å². The van der Waals surface area contributed by atoms with Gasteiger partial charge in [0.2, 0.25) is 10.0 Å². The summed E-state index contributed by atoms with van der Waals surface area (Å²) in [6.45, 7) is 1.65. The molecule has 0 unspecified atom stereocenters. The number of methoxy groups -OCH3 is 1. The van der Waals surface area contributed by atoms with Crippen LogP contribution >= 0.6 is 0 Å². The van der Waals surface area contributed by atoms with Crippen LogP contribution in [0.4, 0.5) is 4.39 Å². The first kappa shape index (κ1) is 16.7. The highest BCUT2D eigenvalue weighted by atomic mass is 32.2. The number of nitrogens with zero attached hydrogens (tertiary/aromatic N) is 1. The topological polar surface area (TPSA) is 55.8 Å².